The lowest BCUT2D eigenvalue weighted by atomic mass is 10.0. The Morgan fingerprint density at radius 2 is 1.88 bits per heavy atom. The first-order valence-corrected chi connectivity index (χ1v) is 9.71. The molecule has 1 saturated heterocycles. The topological polar surface area (TPSA) is 63.1 Å². The summed E-state index contributed by atoms with van der Waals surface area (Å²) in [7, 11) is 0. The lowest BCUT2D eigenvalue weighted by Crippen LogP contribution is -2.38. The first-order valence-electron chi connectivity index (χ1n) is 9.71. The molecule has 26 heavy (non-hydrogen) atoms. The van der Waals surface area contributed by atoms with Crippen LogP contribution in [0.25, 0.3) is 0 Å². The van der Waals surface area contributed by atoms with Crippen LogP contribution in [-0.2, 0) is 11.3 Å². The molecule has 1 aliphatic rings. The van der Waals surface area contributed by atoms with Gasteiger partial charge >= 0.3 is 0 Å². The van der Waals surface area contributed by atoms with E-state index < -0.39 is 0 Å². The van der Waals surface area contributed by atoms with Crippen LogP contribution < -0.4 is 5.32 Å². The molecule has 0 bridgehead atoms. The highest BCUT2D eigenvalue weighted by atomic mass is 16.1. The normalized spacial score (nSPS) is 16.8. The van der Waals surface area contributed by atoms with Crippen molar-refractivity contribution < 1.29 is 4.79 Å². The van der Waals surface area contributed by atoms with E-state index in [1.165, 1.54) is 37.6 Å². The molecule has 0 aliphatic carbocycles. The third-order valence-electron chi connectivity index (χ3n) is 5.02. The summed E-state index contributed by atoms with van der Waals surface area (Å²) in [5.41, 5.74) is 1.29. The lowest BCUT2D eigenvalue weighted by molar-refractivity contribution is -0.121. The number of nitrogens with zero attached hydrogens (tertiary/aromatic N) is 4. The van der Waals surface area contributed by atoms with Gasteiger partial charge in [-0.1, -0.05) is 43.2 Å². The quantitative estimate of drug-likeness (QED) is 0.791. The monoisotopic (exact) mass is 355 g/mol. The Hall–Kier alpha value is -2.21. The van der Waals surface area contributed by atoms with E-state index in [4.69, 9.17) is 0 Å². The summed E-state index contributed by atoms with van der Waals surface area (Å²) in [5, 5.41) is 7.22. The van der Waals surface area contributed by atoms with Crippen LogP contribution in [0.5, 0.6) is 0 Å². The zero-order valence-electron chi connectivity index (χ0n) is 15.4. The molecular formula is C20H29N5O. The largest absolute Gasteiger partial charge is 0.354 e. The molecular weight excluding hydrogens is 326 g/mol. The number of aromatic nitrogens is 3. The summed E-state index contributed by atoms with van der Waals surface area (Å²) >= 11 is 0. The van der Waals surface area contributed by atoms with Gasteiger partial charge in [0.1, 0.15) is 12.7 Å². The van der Waals surface area contributed by atoms with E-state index in [0.717, 1.165) is 26.1 Å². The number of benzene rings is 1. The first-order chi connectivity index (χ1) is 12.8. The van der Waals surface area contributed by atoms with Crippen LogP contribution >= 0.6 is 0 Å². The van der Waals surface area contributed by atoms with Crippen molar-refractivity contribution in [2.24, 2.45) is 0 Å². The number of hydrogen-bond acceptors (Lipinski definition) is 4. The van der Waals surface area contributed by atoms with Crippen molar-refractivity contribution in [3.05, 3.63) is 48.5 Å². The number of hydrogen-bond donors (Lipinski definition) is 1. The Morgan fingerprint density at radius 3 is 2.58 bits per heavy atom. The molecule has 1 aliphatic heterocycles. The Balaban J connectivity index is 1.52. The Kier molecular flexibility index (Phi) is 7.19. The van der Waals surface area contributed by atoms with E-state index in [1.807, 2.05) is 6.07 Å². The Bertz CT molecular complexity index is 635. The van der Waals surface area contributed by atoms with E-state index in [-0.39, 0.29) is 11.9 Å². The number of nitrogens with one attached hydrogen (secondary N) is 1. The number of rotatable bonds is 8. The third kappa shape index (κ3) is 5.66. The molecule has 1 aromatic heterocycles. The standard InChI is InChI=1S/C20H29N5O/c26-20(11-8-14-25-17-21-16-23-25)22-15-19(18-9-4-3-5-10-18)24-12-6-1-2-7-13-24/h3-5,9-10,16-17,19H,1-2,6-8,11-15H2,(H,22,26)/t19-/m0/s1. The molecule has 1 amide bonds. The fourth-order valence-electron chi connectivity index (χ4n) is 3.59. The van der Waals surface area contributed by atoms with Gasteiger partial charge in [-0.25, -0.2) is 4.98 Å². The van der Waals surface area contributed by atoms with Crippen molar-refractivity contribution in [3.63, 3.8) is 0 Å². The highest BCUT2D eigenvalue weighted by Crippen LogP contribution is 2.23. The number of amides is 1. The molecule has 0 unspecified atom stereocenters. The number of aryl methyl sites for hydroxylation is 1. The Morgan fingerprint density at radius 1 is 1.12 bits per heavy atom. The molecule has 0 radical (unpaired) electrons. The summed E-state index contributed by atoms with van der Waals surface area (Å²) in [6.07, 6.45) is 9.61. The second-order valence-electron chi connectivity index (χ2n) is 6.94. The molecule has 1 aromatic carbocycles. The maximum absolute atomic E-state index is 12.3. The highest BCUT2D eigenvalue weighted by molar-refractivity contribution is 5.75. The molecule has 1 fully saturated rings. The SMILES string of the molecule is O=C(CCCn1cncn1)NC[C@@H](c1ccccc1)N1CCCCCC1. The van der Waals surface area contributed by atoms with E-state index in [1.54, 1.807) is 11.0 Å². The number of carbonyl (C=O) groups excluding carboxylic acids is 1. The summed E-state index contributed by atoms with van der Waals surface area (Å²) in [4.78, 5) is 18.7. The van der Waals surface area contributed by atoms with Crippen LogP contribution in [0.4, 0.5) is 0 Å². The summed E-state index contributed by atoms with van der Waals surface area (Å²) in [6, 6.07) is 10.8. The van der Waals surface area contributed by atoms with Gasteiger partial charge < -0.3 is 5.32 Å². The second kappa shape index (κ2) is 10.1. The van der Waals surface area contributed by atoms with Crippen molar-refractivity contribution in [2.45, 2.75) is 51.1 Å². The van der Waals surface area contributed by atoms with Gasteiger partial charge in [0.15, 0.2) is 0 Å². The zero-order chi connectivity index (χ0) is 18.0. The van der Waals surface area contributed by atoms with Gasteiger partial charge in [0.05, 0.1) is 6.04 Å². The summed E-state index contributed by atoms with van der Waals surface area (Å²) < 4.78 is 1.76. The molecule has 0 spiro atoms. The highest BCUT2D eigenvalue weighted by Gasteiger charge is 2.21. The fraction of sp³-hybridized carbons (Fsp3) is 0.550. The minimum atomic E-state index is 0.112. The van der Waals surface area contributed by atoms with E-state index >= 15 is 0 Å². The van der Waals surface area contributed by atoms with Crippen LogP contribution in [-0.4, -0.2) is 45.2 Å². The van der Waals surface area contributed by atoms with Gasteiger partial charge in [-0.2, -0.15) is 5.10 Å². The summed E-state index contributed by atoms with van der Waals surface area (Å²) in [5.74, 6) is 0.112. The van der Waals surface area contributed by atoms with Gasteiger partial charge in [0.2, 0.25) is 5.91 Å². The minimum Gasteiger partial charge on any atom is -0.354 e. The van der Waals surface area contributed by atoms with Crippen LogP contribution in [0.1, 0.15) is 50.1 Å². The zero-order valence-corrected chi connectivity index (χ0v) is 15.4. The van der Waals surface area contributed by atoms with Gasteiger partial charge in [0.25, 0.3) is 0 Å². The van der Waals surface area contributed by atoms with Crippen molar-refractivity contribution in [1.82, 2.24) is 25.0 Å². The van der Waals surface area contributed by atoms with Gasteiger partial charge in [-0.05, 0) is 37.9 Å². The number of carbonyl (C=O) groups is 1. The predicted molar refractivity (Wildman–Crippen MR) is 101 cm³/mol. The van der Waals surface area contributed by atoms with E-state index in [2.05, 4.69) is 44.6 Å². The molecule has 6 heteroatoms. The molecule has 1 atom stereocenters. The number of likely N-dealkylation sites (tertiary alicyclic amines) is 1. The average Bonchev–Trinajstić information content (AvgIpc) is 3.04. The smallest absolute Gasteiger partial charge is 0.220 e. The molecule has 2 heterocycles. The van der Waals surface area contributed by atoms with Crippen molar-refractivity contribution >= 4 is 5.91 Å². The lowest BCUT2D eigenvalue weighted by Gasteiger charge is -2.31. The second-order valence-corrected chi connectivity index (χ2v) is 6.94. The molecule has 1 N–H and O–H groups in total. The Labute approximate surface area is 155 Å². The summed E-state index contributed by atoms with van der Waals surface area (Å²) in [6.45, 7) is 3.62. The van der Waals surface area contributed by atoms with E-state index in [0.29, 0.717) is 13.0 Å². The third-order valence-corrected chi connectivity index (χ3v) is 5.02. The van der Waals surface area contributed by atoms with Gasteiger partial charge in [-0.15, -0.1) is 0 Å². The van der Waals surface area contributed by atoms with E-state index in [9.17, 15) is 4.79 Å². The van der Waals surface area contributed by atoms with Gasteiger partial charge in [-0.3, -0.25) is 14.4 Å². The van der Waals surface area contributed by atoms with Crippen molar-refractivity contribution in [3.8, 4) is 0 Å². The maximum Gasteiger partial charge on any atom is 0.220 e. The van der Waals surface area contributed by atoms with Crippen molar-refractivity contribution in [1.29, 1.82) is 0 Å². The van der Waals surface area contributed by atoms with Gasteiger partial charge in [0, 0.05) is 19.5 Å². The van der Waals surface area contributed by atoms with Crippen LogP contribution in [0, 0.1) is 0 Å². The molecule has 0 saturated carbocycles. The maximum atomic E-state index is 12.3. The van der Waals surface area contributed by atoms with Crippen LogP contribution in [0.2, 0.25) is 0 Å². The van der Waals surface area contributed by atoms with Crippen LogP contribution in [0.3, 0.4) is 0 Å². The average molecular weight is 355 g/mol. The molecule has 2 aromatic rings. The first kappa shape index (κ1) is 18.6. The van der Waals surface area contributed by atoms with Crippen LogP contribution in [0.15, 0.2) is 43.0 Å². The predicted octanol–water partition coefficient (Wildman–Crippen LogP) is 2.79. The van der Waals surface area contributed by atoms with Crippen molar-refractivity contribution in [2.75, 3.05) is 19.6 Å². The molecule has 6 nitrogen and oxygen atoms in total. The fourth-order valence-corrected chi connectivity index (χ4v) is 3.59. The molecule has 3 rings (SSSR count). The molecule has 140 valence electrons. The minimum absolute atomic E-state index is 0.112.